The maximum absolute atomic E-state index is 6.49. The van der Waals surface area contributed by atoms with Gasteiger partial charge < -0.3 is 0 Å². The first kappa shape index (κ1) is 12.9. The molecule has 0 amide bonds. The van der Waals surface area contributed by atoms with Gasteiger partial charge in [-0.3, -0.25) is 0 Å². The van der Waals surface area contributed by atoms with Crippen LogP contribution in [-0.4, -0.2) is 0 Å². The van der Waals surface area contributed by atoms with Crippen molar-refractivity contribution in [3.8, 4) is 0 Å². The Hall–Kier alpha value is -0.500. The van der Waals surface area contributed by atoms with Crippen molar-refractivity contribution < 1.29 is 0 Å². The Morgan fingerprint density at radius 3 is 2.24 bits per heavy atom. The summed E-state index contributed by atoms with van der Waals surface area (Å²) >= 11 is 14.1. The number of hydrogen-bond acceptors (Lipinski definition) is 1. The molecule has 2 aromatic rings. The molecular formula is C14H14Cl2S. The van der Waals surface area contributed by atoms with Crippen LogP contribution in [0.5, 0.6) is 0 Å². The van der Waals surface area contributed by atoms with E-state index in [1.54, 1.807) is 11.3 Å². The molecule has 90 valence electrons. The molecule has 1 heterocycles. The number of aryl methyl sites for hydroxylation is 3. The molecule has 2 rings (SSSR count). The molecule has 0 saturated heterocycles. The highest BCUT2D eigenvalue weighted by Crippen LogP contribution is 2.38. The molecule has 0 aliphatic rings. The summed E-state index contributed by atoms with van der Waals surface area (Å²) in [6.07, 6.45) is 0. The van der Waals surface area contributed by atoms with Gasteiger partial charge in [0, 0.05) is 4.88 Å². The maximum atomic E-state index is 6.49. The molecule has 0 bridgehead atoms. The summed E-state index contributed by atoms with van der Waals surface area (Å²) < 4.78 is 0.828. The van der Waals surface area contributed by atoms with Gasteiger partial charge in [0.15, 0.2) is 0 Å². The van der Waals surface area contributed by atoms with Gasteiger partial charge in [-0.25, -0.2) is 0 Å². The van der Waals surface area contributed by atoms with Gasteiger partial charge in [-0.15, -0.1) is 22.9 Å². The van der Waals surface area contributed by atoms with Crippen molar-refractivity contribution in [1.29, 1.82) is 0 Å². The predicted molar refractivity (Wildman–Crippen MR) is 77.7 cm³/mol. The van der Waals surface area contributed by atoms with Gasteiger partial charge in [0.05, 0.1) is 9.71 Å². The van der Waals surface area contributed by atoms with E-state index in [-0.39, 0.29) is 5.38 Å². The molecule has 1 aromatic heterocycles. The average Bonchev–Trinajstić information content (AvgIpc) is 2.62. The zero-order chi connectivity index (χ0) is 12.6. The van der Waals surface area contributed by atoms with Gasteiger partial charge in [0.2, 0.25) is 0 Å². The molecule has 0 spiro atoms. The van der Waals surface area contributed by atoms with Crippen molar-refractivity contribution in [2.24, 2.45) is 0 Å². The topological polar surface area (TPSA) is 0 Å². The summed E-state index contributed by atoms with van der Waals surface area (Å²) in [4.78, 5) is 1.11. The zero-order valence-electron chi connectivity index (χ0n) is 10.1. The monoisotopic (exact) mass is 284 g/mol. The smallest absolute Gasteiger partial charge is 0.0960 e. The third-order valence-electron chi connectivity index (χ3n) is 2.95. The minimum atomic E-state index is -0.106. The minimum Gasteiger partial charge on any atom is -0.126 e. The Morgan fingerprint density at radius 2 is 1.71 bits per heavy atom. The molecule has 1 unspecified atom stereocenters. The summed E-state index contributed by atoms with van der Waals surface area (Å²) in [6.45, 7) is 6.22. The van der Waals surface area contributed by atoms with Gasteiger partial charge in [0.1, 0.15) is 0 Å². The van der Waals surface area contributed by atoms with Crippen molar-refractivity contribution in [3.05, 3.63) is 55.7 Å². The molecule has 0 radical (unpaired) electrons. The van der Waals surface area contributed by atoms with Crippen LogP contribution < -0.4 is 0 Å². The third-order valence-corrected chi connectivity index (χ3v) is 5.19. The first-order valence-electron chi connectivity index (χ1n) is 5.46. The van der Waals surface area contributed by atoms with Crippen LogP contribution >= 0.6 is 34.5 Å². The highest BCUT2D eigenvalue weighted by molar-refractivity contribution is 7.16. The highest BCUT2D eigenvalue weighted by Gasteiger charge is 2.15. The largest absolute Gasteiger partial charge is 0.126 e. The predicted octanol–water partition coefficient (Wildman–Crippen LogP) is 5.65. The van der Waals surface area contributed by atoms with E-state index in [9.17, 15) is 0 Å². The number of rotatable bonds is 2. The normalized spacial score (nSPS) is 12.8. The van der Waals surface area contributed by atoms with E-state index >= 15 is 0 Å². The van der Waals surface area contributed by atoms with Gasteiger partial charge in [-0.1, -0.05) is 29.8 Å². The Balaban J connectivity index is 2.36. The summed E-state index contributed by atoms with van der Waals surface area (Å²) in [5, 5.41) is -0.106. The molecule has 0 aliphatic heterocycles. The van der Waals surface area contributed by atoms with Crippen LogP contribution in [0.3, 0.4) is 0 Å². The Labute approximate surface area is 116 Å². The third kappa shape index (κ3) is 2.67. The Morgan fingerprint density at radius 1 is 1.00 bits per heavy atom. The van der Waals surface area contributed by atoms with E-state index in [0.717, 1.165) is 20.3 Å². The highest BCUT2D eigenvalue weighted by atomic mass is 35.5. The van der Waals surface area contributed by atoms with Crippen molar-refractivity contribution >= 4 is 34.5 Å². The molecule has 3 heteroatoms. The second-order valence-electron chi connectivity index (χ2n) is 4.31. The molecule has 17 heavy (non-hydrogen) atoms. The molecular weight excluding hydrogens is 271 g/mol. The van der Waals surface area contributed by atoms with Crippen LogP contribution in [0.2, 0.25) is 4.34 Å². The van der Waals surface area contributed by atoms with Crippen molar-refractivity contribution in [3.63, 3.8) is 0 Å². The Bertz CT molecular complexity index is 524. The van der Waals surface area contributed by atoms with Crippen molar-refractivity contribution in [2.45, 2.75) is 26.1 Å². The quantitative estimate of drug-likeness (QED) is 0.625. The van der Waals surface area contributed by atoms with Gasteiger partial charge in [-0.05, 0) is 49.1 Å². The lowest BCUT2D eigenvalue weighted by molar-refractivity contribution is 1.16. The lowest BCUT2D eigenvalue weighted by Crippen LogP contribution is -1.92. The first-order chi connectivity index (χ1) is 7.99. The molecule has 0 N–H and O–H groups in total. The molecule has 0 saturated carbocycles. The fourth-order valence-corrected chi connectivity index (χ4v) is 3.25. The number of benzene rings is 1. The summed E-state index contributed by atoms with van der Waals surface area (Å²) in [7, 11) is 0. The fraction of sp³-hybridized carbons (Fsp3) is 0.286. The maximum Gasteiger partial charge on any atom is 0.0960 e. The minimum absolute atomic E-state index is 0.106. The van der Waals surface area contributed by atoms with E-state index in [4.69, 9.17) is 23.2 Å². The van der Waals surface area contributed by atoms with E-state index in [1.165, 1.54) is 11.1 Å². The standard InChI is InChI=1S/C14H14Cl2S/c1-8-4-5-11(6-9(8)2)13(15)12-7-10(3)14(16)17-12/h4-7,13H,1-3H3. The molecule has 0 nitrogen and oxygen atoms in total. The van der Waals surface area contributed by atoms with Crippen LogP contribution in [0.15, 0.2) is 24.3 Å². The fourth-order valence-electron chi connectivity index (χ4n) is 1.69. The SMILES string of the molecule is Cc1ccc(C(Cl)c2cc(C)c(Cl)s2)cc1C. The van der Waals surface area contributed by atoms with Gasteiger partial charge in [-0.2, -0.15) is 0 Å². The van der Waals surface area contributed by atoms with Crippen LogP contribution in [0.1, 0.15) is 32.5 Å². The lowest BCUT2D eigenvalue weighted by atomic mass is 10.0. The van der Waals surface area contributed by atoms with Gasteiger partial charge in [0.25, 0.3) is 0 Å². The number of thiophene rings is 1. The van der Waals surface area contributed by atoms with E-state index < -0.39 is 0 Å². The second kappa shape index (κ2) is 5.01. The molecule has 1 aromatic carbocycles. The second-order valence-corrected chi connectivity index (χ2v) is 6.43. The zero-order valence-corrected chi connectivity index (χ0v) is 12.4. The summed E-state index contributed by atoms with van der Waals surface area (Å²) in [5.41, 5.74) is 4.79. The van der Waals surface area contributed by atoms with Crippen molar-refractivity contribution in [1.82, 2.24) is 0 Å². The molecule has 1 atom stereocenters. The summed E-state index contributed by atoms with van der Waals surface area (Å²) in [6, 6.07) is 8.42. The average molecular weight is 285 g/mol. The molecule has 0 fully saturated rings. The lowest BCUT2D eigenvalue weighted by Gasteiger charge is -2.10. The van der Waals surface area contributed by atoms with Gasteiger partial charge >= 0.3 is 0 Å². The number of hydrogen-bond donors (Lipinski definition) is 0. The van der Waals surface area contributed by atoms with Crippen LogP contribution in [0.25, 0.3) is 0 Å². The van der Waals surface area contributed by atoms with Crippen LogP contribution in [0, 0.1) is 20.8 Å². The van der Waals surface area contributed by atoms with Crippen molar-refractivity contribution in [2.75, 3.05) is 0 Å². The first-order valence-corrected chi connectivity index (χ1v) is 7.09. The van der Waals surface area contributed by atoms with E-state index in [1.807, 2.05) is 6.92 Å². The van der Waals surface area contributed by atoms with Crippen LogP contribution in [-0.2, 0) is 0 Å². The molecule has 0 aliphatic carbocycles. The van der Waals surface area contributed by atoms with E-state index in [2.05, 4.69) is 38.1 Å². The van der Waals surface area contributed by atoms with E-state index in [0.29, 0.717) is 0 Å². The van der Waals surface area contributed by atoms with Crippen LogP contribution in [0.4, 0.5) is 0 Å². The number of alkyl halides is 1. The summed E-state index contributed by atoms with van der Waals surface area (Å²) in [5.74, 6) is 0. The Kier molecular flexibility index (Phi) is 3.82. The number of halogens is 2.